The van der Waals surface area contributed by atoms with Crippen molar-refractivity contribution in [3.05, 3.63) is 334 Å². The maximum Gasteiger partial charge on any atom is 0.193 e. The first-order chi connectivity index (χ1) is 43.5. The molecule has 5 unspecified atom stereocenters. The Kier molecular flexibility index (Phi) is 21.3. The molecule has 10 nitrogen and oxygen atoms in total. The smallest absolute Gasteiger partial charge is 0.193 e. The Morgan fingerprint density at radius 2 is 0.761 bits per heavy atom. The third-order valence-electron chi connectivity index (χ3n) is 15.6. The molecule has 0 saturated heterocycles. The van der Waals surface area contributed by atoms with E-state index in [9.17, 15) is 5.11 Å². The Hall–Kier alpha value is -9.55. The maximum absolute atomic E-state index is 15.9. The Morgan fingerprint density at radius 3 is 1.22 bits per heavy atom. The minimum Gasteiger partial charge on any atom is -0.504 e. The largest absolute Gasteiger partial charge is 0.504 e. The van der Waals surface area contributed by atoms with E-state index in [0.29, 0.717) is 43.1 Å². The van der Waals surface area contributed by atoms with E-state index in [0.717, 1.165) is 44.5 Å². The highest BCUT2D eigenvalue weighted by Crippen LogP contribution is 2.52. The number of ketones is 1. The fraction of sp³-hybridized carbons (Fsp3) is 0.192. The quantitative estimate of drug-likeness (QED) is 0.0359. The van der Waals surface area contributed by atoms with Crippen LogP contribution in [-0.2, 0) is 71.8 Å². The first-order valence-corrected chi connectivity index (χ1v) is 30.0. The predicted molar refractivity (Wildman–Crippen MR) is 343 cm³/mol. The van der Waals surface area contributed by atoms with E-state index in [1.165, 1.54) is 6.08 Å². The molecule has 1 fully saturated rings. The molecule has 5 atom stereocenters. The van der Waals surface area contributed by atoms with Gasteiger partial charge in [0.25, 0.3) is 0 Å². The predicted octanol–water partition coefficient (Wildman–Crippen LogP) is 16.7. The molecule has 0 radical (unpaired) electrons. The molecular weight excluding hydrogens is 1100 g/mol. The van der Waals surface area contributed by atoms with Gasteiger partial charge < -0.3 is 43.0 Å². The first-order valence-electron chi connectivity index (χ1n) is 30.0. The highest BCUT2D eigenvalue weighted by atomic mass is 16.6. The van der Waals surface area contributed by atoms with Crippen LogP contribution >= 0.6 is 0 Å². The molecule has 444 valence electrons. The number of aromatic hydroxyl groups is 1. The van der Waals surface area contributed by atoms with Gasteiger partial charge in [0.1, 0.15) is 55.3 Å². The van der Waals surface area contributed by atoms with E-state index in [4.69, 9.17) is 37.9 Å². The molecule has 1 aliphatic carbocycles. The van der Waals surface area contributed by atoms with Crippen molar-refractivity contribution in [1.29, 1.82) is 0 Å². The molecule has 10 aromatic rings. The van der Waals surface area contributed by atoms with Crippen molar-refractivity contribution < 1.29 is 47.8 Å². The van der Waals surface area contributed by atoms with Crippen molar-refractivity contribution >= 4 is 11.9 Å². The lowest BCUT2D eigenvalue weighted by Crippen LogP contribution is -2.54. The molecule has 0 bridgehead atoms. The average molecular weight is 1170 g/mol. The van der Waals surface area contributed by atoms with E-state index in [-0.39, 0.29) is 74.1 Å². The molecule has 1 saturated carbocycles. The zero-order chi connectivity index (χ0) is 60.0. The lowest BCUT2D eigenvalue weighted by Gasteiger charge is -2.47. The van der Waals surface area contributed by atoms with Gasteiger partial charge in [-0.2, -0.15) is 0 Å². The normalized spacial score (nSPS) is 16.4. The van der Waals surface area contributed by atoms with Gasteiger partial charge in [0, 0.05) is 23.5 Å². The Morgan fingerprint density at radius 1 is 0.386 bits per heavy atom. The van der Waals surface area contributed by atoms with E-state index in [1.807, 2.05) is 200 Å². The number of phenols is 1. The number of phenolic OH excluding ortho intramolecular Hbond substituents is 1. The highest BCUT2D eigenvalue weighted by Gasteiger charge is 2.50. The van der Waals surface area contributed by atoms with Crippen molar-refractivity contribution in [2.75, 3.05) is 6.61 Å². The lowest BCUT2D eigenvalue weighted by atomic mass is 9.71. The summed E-state index contributed by atoms with van der Waals surface area (Å²) in [5, 5.41) is 11.0. The maximum atomic E-state index is 15.9. The van der Waals surface area contributed by atoms with Crippen LogP contribution in [0.2, 0.25) is 0 Å². The fourth-order valence-corrected chi connectivity index (χ4v) is 11.1. The molecule has 1 aliphatic rings. The second-order valence-corrected chi connectivity index (χ2v) is 21.9. The van der Waals surface area contributed by atoms with Gasteiger partial charge in [0.05, 0.1) is 45.2 Å². The second kappa shape index (κ2) is 31.2. The topological polar surface area (TPSA) is 111 Å². The summed E-state index contributed by atoms with van der Waals surface area (Å²) in [5.41, 5.74) is 9.06. The number of hydrogen-bond acceptors (Lipinski definition) is 10. The summed E-state index contributed by atoms with van der Waals surface area (Å²) >= 11 is 0. The summed E-state index contributed by atoms with van der Waals surface area (Å²) in [6.45, 7) is 2.06. The van der Waals surface area contributed by atoms with Crippen molar-refractivity contribution in [3.8, 4) is 28.7 Å². The number of rotatable bonds is 29. The van der Waals surface area contributed by atoms with Crippen LogP contribution in [0.15, 0.2) is 273 Å². The first kappa shape index (κ1) is 60.2. The van der Waals surface area contributed by atoms with Crippen molar-refractivity contribution in [1.82, 2.24) is 0 Å². The third-order valence-corrected chi connectivity index (χ3v) is 15.6. The zero-order valence-electron chi connectivity index (χ0n) is 49.1. The summed E-state index contributed by atoms with van der Waals surface area (Å²) in [5.74, 6) is -0.101. The van der Waals surface area contributed by atoms with Crippen LogP contribution in [0, 0.1) is 5.92 Å². The van der Waals surface area contributed by atoms with Crippen molar-refractivity contribution in [3.63, 3.8) is 0 Å². The summed E-state index contributed by atoms with van der Waals surface area (Å²) in [7, 11) is 0. The molecule has 10 aromatic carbocycles. The van der Waals surface area contributed by atoms with Crippen LogP contribution in [0.3, 0.4) is 0 Å². The van der Waals surface area contributed by atoms with Gasteiger partial charge in [0.2, 0.25) is 0 Å². The highest BCUT2D eigenvalue weighted by molar-refractivity contribution is 6.11. The Balaban J connectivity index is 1.10. The number of allylic oxidation sites excluding steroid dienone is 1. The SMILES string of the molecule is O=C(/C=C/c1ccc(O)c(OCc2ccccc2)c1)c1c(OCc2ccccc2)cc(OCc2ccccc2)c(C2CC(COCc3ccccc3)C(OCc3ccccc3)C(OCc3ccccc3)C2OCc2ccccc2)c1OCc1ccccc1. The van der Waals surface area contributed by atoms with E-state index < -0.39 is 30.0 Å². The van der Waals surface area contributed by atoms with Gasteiger partial charge >= 0.3 is 0 Å². The van der Waals surface area contributed by atoms with Gasteiger partial charge in [0.15, 0.2) is 17.3 Å². The fourth-order valence-electron chi connectivity index (χ4n) is 11.1. The number of carbonyl (C=O) groups excluding carboxylic acids is 1. The van der Waals surface area contributed by atoms with Gasteiger partial charge in [-0.25, -0.2) is 0 Å². The van der Waals surface area contributed by atoms with Crippen LogP contribution in [-0.4, -0.2) is 35.8 Å². The molecule has 0 aliphatic heterocycles. The van der Waals surface area contributed by atoms with Crippen LogP contribution in [0.4, 0.5) is 0 Å². The minimum atomic E-state index is -0.755. The summed E-state index contributed by atoms with van der Waals surface area (Å²) in [6.07, 6.45) is 1.60. The van der Waals surface area contributed by atoms with Crippen molar-refractivity contribution in [2.45, 2.75) is 83.5 Å². The number of hydrogen-bond donors (Lipinski definition) is 1. The van der Waals surface area contributed by atoms with E-state index in [1.54, 1.807) is 24.3 Å². The summed E-state index contributed by atoms with van der Waals surface area (Å²) in [4.78, 5) is 15.9. The molecule has 1 N–H and O–H groups in total. The minimum absolute atomic E-state index is 0.0256. The average Bonchev–Trinajstić information content (AvgIpc) is 1.22. The zero-order valence-corrected chi connectivity index (χ0v) is 49.1. The van der Waals surface area contributed by atoms with Gasteiger partial charge in [-0.1, -0.05) is 255 Å². The van der Waals surface area contributed by atoms with Gasteiger partial charge in [-0.15, -0.1) is 0 Å². The number of ether oxygens (including phenoxy) is 8. The van der Waals surface area contributed by atoms with Crippen molar-refractivity contribution in [2.24, 2.45) is 5.92 Å². The summed E-state index contributed by atoms with van der Waals surface area (Å²) < 4.78 is 56.5. The molecule has 0 spiro atoms. The molecule has 11 rings (SSSR count). The number of carbonyl (C=O) groups is 1. The lowest BCUT2D eigenvalue weighted by molar-refractivity contribution is -0.201. The molecule has 0 amide bonds. The molecule has 88 heavy (non-hydrogen) atoms. The standard InChI is InChI=1S/C78H72O10/c79-68-43-41-57(45-70(68)82-49-59-27-11-2-12-28-59)42-44-69(80)74-72(84-51-61-31-15-4-16-32-61)47-71(83-50-60-29-13-3-14-30-60)73(77(74)87-54-64-37-21-7-22-38-64)67-46-66(56-81-48-58-25-9-1-10-26-58)75(85-52-62-33-17-5-18-34-62)78(88-55-65-39-23-8-24-40-65)76(67)86-53-63-35-19-6-20-36-63/h1-45,47,66-67,75-76,78-79H,46,48-56H2/b44-42+. The monoisotopic (exact) mass is 1170 g/mol. The molecule has 0 heterocycles. The Bertz CT molecular complexity index is 3740. The van der Waals surface area contributed by atoms with Crippen LogP contribution < -0.4 is 18.9 Å². The number of benzene rings is 10. The van der Waals surface area contributed by atoms with Crippen LogP contribution in [0.25, 0.3) is 6.08 Å². The van der Waals surface area contributed by atoms with Crippen LogP contribution in [0.5, 0.6) is 28.7 Å². The third kappa shape index (κ3) is 16.7. The van der Waals surface area contributed by atoms with E-state index >= 15 is 4.79 Å². The second-order valence-electron chi connectivity index (χ2n) is 21.9. The molecule has 0 aromatic heterocycles. The van der Waals surface area contributed by atoms with Crippen LogP contribution in [0.1, 0.15) is 78.3 Å². The molecule has 10 heteroatoms. The van der Waals surface area contributed by atoms with Gasteiger partial charge in [-0.3, -0.25) is 4.79 Å². The molecular formula is C78H72O10. The van der Waals surface area contributed by atoms with E-state index in [2.05, 4.69) is 48.5 Å². The Labute approximate surface area is 516 Å². The van der Waals surface area contributed by atoms with Gasteiger partial charge in [-0.05, 0) is 74.7 Å². The summed E-state index contributed by atoms with van der Waals surface area (Å²) in [6, 6.07) is 87.0.